The fraction of sp³-hybridized carbons (Fsp3) is 0.444. The van der Waals surface area contributed by atoms with E-state index in [0.717, 1.165) is 34.9 Å². The van der Waals surface area contributed by atoms with Crippen molar-refractivity contribution in [3.63, 3.8) is 0 Å². The second-order valence-corrected chi connectivity index (χ2v) is 7.91. The zero-order valence-electron chi connectivity index (χ0n) is 13.7. The van der Waals surface area contributed by atoms with Crippen molar-refractivity contribution in [2.45, 2.75) is 43.8 Å². The van der Waals surface area contributed by atoms with E-state index in [1.165, 1.54) is 24.2 Å². The van der Waals surface area contributed by atoms with Crippen molar-refractivity contribution in [1.29, 1.82) is 0 Å². The average Bonchev–Trinajstić information content (AvgIpc) is 3.33. The summed E-state index contributed by atoms with van der Waals surface area (Å²) in [7, 11) is 0. The lowest BCUT2D eigenvalue weighted by atomic mass is 10.00. The summed E-state index contributed by atoms with van der Waals surface area (Å²) < 4.78 is 10.7. The number of hydrogen-bond acceptors (Lipinski definition) is 6. The van der Waals surface area contributed by atoms with Gasteiger partial charge in [0.15, 0.2) is 11.5 Å². The number of amides is 1. The fourth-order valence-electron chi connectivity index (χ4n) is 3.97. The summed E-state index contributed by atoms with van der Waals surface area (Å²) >= 11 is 1.41. The highest BCUT2D eigenvalue weighted by Gasteiger charge is 2.34. The molecule has 25 heavy (non-hydrogen) atoms. The number of nitrogens with one attached hydrogen (secondary N) is 2. The second kappa shape index (κ2) is 6.00. The number of carbonyl (C=O) groups excluding carboxylic acids is 1. The van der Waals surface area contributed by atoms with Crippen molar-refractivity contribution in [1.82, 2.24) is 15.6 Å². The molecule has 3 aliphatic heterocycles. The van der Waals surface area contributed by atoms with E-state index >= 15 is 0 Å². The molecule has 2 atom stereocenters. The topological polar surface area (TPSA) is 72.5 Å². The van der Waals surface area contributed by atoms with Crippen LogP contribution >= 0.6 is 11.3 Å². The van der Waals surface area contributed by atoms with Gasteiger partial charge in [-0.1, -0.05) is 0 Å². The van der Waals surface area contributed by atoms with Gasteiger partial charge in [-0.05, 0) is 43.9 Å². The number of fused-ring (bicyclic) bond motifs is 3. The molecule has 130 valence electrons. The maximum Gasteiger partial charge on any atom is 0.263 e. The molecular weight excluding hydrogens is 338 g/mol. The van der Waals surface area contributed by atoms with E-state index in [1.807, 2.05) is 18.2 Å². The normalized spacial score (nSPS) is 26.6. The largest absolute Gasteiger partial charge is 0.454 e. The molecule has 2 bridgehead atoms. The molecule has 7 heteroatoms. The van der Waals surface area contributed by atoms with E-state index < -0.39 is 0 Å². The lowest BCUT2D eigenvalue weighted by Gasteiger charge is -2.29. The number of hydrogen-bond donors (Lipinski definition) is 2. The van der Waals surface area contributed by atoms with Crippen LogP contribution in [0.5, 0.6) is 11.5 Å². The number of benzene rings is 1. The van der Waals surface area contributed by atoms with E-state index in [9.17, 15) is 4.79 Å². The Bertz CT molecular complexity index is 810. The summed E-state index contributed by atoms with van der Waals surface area (Å²) in [6, 6.07) is 7.13. The number of thiazole rings is 1. The van der Waals surface area contributed by atoms with Crippen molar-refractivity contribution in [2.24, 2.45) is 0 Å². The van der Waals surface area contributed by atoms with E-state index in [4.69, 9.17) is 9.47 Å². The molecule has 0 spiro atoms. The average molecular weight is 357 g/mol. The SMILES string of the molecule is O=C(NC1CC2CCC(C1)N2)c1cnc(-c2ccc3c(c2)OCO3)s1. The standard InChI is InChI=1S/C18H19N3O3S/c22-17(21-13-6-11-2-3-12(7-13)20-11)16-8-19-18(25-16)10-1-4-14-15(5-10)24-9-23-14/h1,4-5,8,11-13,20H,2-3,6-7,9H2,(H,21,22). The molecule has 1 aromatic heterocycles. The van der Waals surface area contributed by atoms with Crippen molar-refractivity contribution in [2.75, 3.05) is 6.79 Å². The molecule has 4 heterocycles. The first-order valence-corrected chi connectivity index (χ1v) is 9.49. The van der Waals surface area contributed by atoms with Crippen LogP contribution < -0.4 is 20.1 Å². The summed E-state index contributed by atoms with van der Waals surface area (Å²) in [5, 5.41) is 7.60. The van der Waals surface area contributed by atoms with Gasteiger partial charge in [-0.25, -0.2) is 4.98 Å². The first-order chi connectivity index (χ1) is 12.2. The van der Waals surface area contributed by atoms with Crippen LogP contribution in [0.15, 0.2) is 24.4 Å². The van der Waals surface area contributed by atoms with E-state index in [-0.39, 0.29) is 18.7 Å². The molecule has 6 nitrogen and oxygen atoms in total. The number of piperidine rings is 1. The smallest absolute Gasteiger partial charge is 0.263 e. The second-order valence-electron chi connectivity index (χ2n) is 6.88. The zero-order valence-corrected chi connectivity index (χ0v) is 14.5. The van der Waals surface area contributed by atoms with E-state index in [2.05, 4.69) is 15.6 Å². The maximum atomic E-state index is 12.6. The molecule has 1 amide bonds. The molecule has 1 aromatic carbocycles. The quantitative estimate of drug-likeness (QED) is 0.883. The van der Waals surface area contributed by atoms with Crippen LogP contribution in [0.1, 0.15) is 35.4 Å². The molecule has 0 saturated carbocycles. The summed E-state index contributed by atoms with van der Waals surface area (Å²) in [6.45, 7) is 0.253. The van der Waals surface area contributed by atoms with Crippen LogP contribution in [0.3, 0.4) is 0 Å². The first-order valence-electron chi connectivity index (χ1n) is 8.67. The van der Waals surface area contributed by atoms with Crippen LogP contribution in [0.4, 0.5) is 0 Å². The Hall–Kier alpha value is -2.12. The molecule has 5 rings (SSSR count). The number of ether oxygens (including phenoxy) is 2. The molecule has 0 aliphatic carbocycles. The van der Waals surface area contributed by atoms with E-state index in [1.54, 1.807) is 6.20 Å². The monoisotopic (exact) mass is 357 g/mol. The van der Waals surface area contributed by atoms with Gasteiger partial charge in [0.2, 0.25) is 6.79 Å². The Morgan fingerprint density at radius 1 is 1.20 bits per heavy atom. The molecule has 2 N–H and O–H groups in total. The summed E-state index contributed by atoms with van der Waals surface area (Å²) in [5.41, 5.74) is 0.938. The highest BCUT2D eigenvalue weighted by atomic mass is 32.1. The van der Waals surface area contributed by atoms with Gasteiger partial charge >= 0.3 is 0 Å². The molecule has 2 fully saturated rings. The van der Waals surface area contributed by atoms with Crippen molar-refractivity contribution in [3.8, 4) is 22.1 Å². The Labute approximate surface area is 149 Å². The third kappa shape index (κ3) is 2.87. The highest BCUT2D eigenvalue weighted by Crippen LogP contribution is 2.37. The third-order valence-electron chi connectivity index (χ3n) is 5.16. The fourth-order valence-corrected chi connectivity index (χ4v) is 4.79. The lowest BCUT2D eigenvalue weighted by molar-refractivity contribution is 0.0928. The Balaban J connectivity index is 1.30. The first kappa shape index (κ1) is 15.2. The van der Waals surface area contributed by atoms with Crippen molar-refractivity contribution in [3.05, 3.63) is 29.3 Å². The van der Waals surface area contributed by atoms with Crippen LogP contribution in [-0.2, 0) is 0 Å². The lowest BCUT2D eigenvalue weighted by Crippen LogP contribution is -2.47. The predicted molar refractivity (Wildman–Crippen MR) is 94.1 cm³/mol. The molecular formula is C18H19N3O3S. The Kier molecular flexibility index (Phi) is 3.64. The summed E-state index contributed by atoms with van der Waals surface area (Å²) in [6.07, 6.45) is 6.17. The molecule has 3 aliphatic rings. The van der Waals surface area contributed by atoms with Gasteiger partial charge in [-0.15, -0.1) is 11.3 Å². The van der Waals surface area contributed by atoms with Gasteiger partial charge in [-0.2, -0.15) is 0 Å². The minimum Gasteiger partial charge on any atom is -0.454 e. The minimum atomic E-state index is -0.0178. The van der Waals surface area contributed by atoms with Crippen LogP contribution in [0, 0.1) is 0 Å². The minimum absolute atomic E-state index is 0.0178. The van der Waals surface area contributed by atoms with Crippen molar-refractivity contribution < 1.29 is 14.3 Å². The predicted octanol–water partition coefficient (Wildman–Crippen LogP) is 2.55. The third-order valence-corrected chi connectivity index (χ3v) is 6.20. The van der Waals surface area contributed by atoms with Gasteiger partial charge in [0, 0.05) is 23.7 Å². The molecule has 2 unspecified atom stereocenters. The van der Waals surface area contributed by atoms with Gasteiger partial charge < -0.3 is 20.1 Å². The number of aromatic nitrogens is 1. The maximum absolute atomic E-state index is 12.6. The molecule has 0 radical (unpaired) electrons. The van der Waals surface area contributed by atoms with Gasteiger partial charge in [0.1, 0.15) is 9.88 Å². The Morgan fingerprint density at radius 3 is 2.84 bits per heavy atom. The highest BCUT2D eigenvalue weighted by molar-refractivity contribution is 7.16. The molecule has 2 saturated heterocycles. The summed E-state index contributed by atoms with van der Waals surface area (Å²) in [5.74, 6) is 1.46. The van der Waals surface area contributed by atoms with E-state index in [0.29, 0.717) is 17.0 Å². The van der Waals surface area contributed by atoms with Gasteiger partial charge in [-0.3, -0.25) is 4.79 Å². The number of carbonyl (C=O) groups is 1. The molecule has 2 aromatic rings. The van der Waals surface area contributed by atoms with Crippen LogP contribution in [0.25, 0.3) is 10.6 Å². The van der Waals surface area contributed by atoms with Crippen molar-refractivity contribution >= 4 is 17.2 Å². The van der Waals surface area contributed by atoms with Crippen LogP contribution in [0.2, 0.25) is 0 Å². The van der Waals surface area contributed by atoms with Gasteiger partial charge in [0.05, 0.1) is 6.20 Å². The number of rotatable bonds is 3. The van der Waals surface area contributed by atoms with Crippen LogP contribution in [-0.4, -0.2) is 35.8 Å². The van der Waals surface area contributed by atoms with Gasteiger partial charge in [0.25, 0.3) is 5.91 Å². The summed E-state index contributed by atoms with van der Waals surface area (Å²) in [4.78, 5) is 17.6. The number of nitrogens with zero attached hydrogens (tertiary/aromatic N) is 1. The zero-order chi connectivity index (χ0) is 16.8. The Morgan fingerprint density at radius 2 is 2.00 bits per heavy atom.